The average molecular weight is 701 g/mol. The maximum Gasteiger partial charge on any atom is 0.338 e. The van der Waals surface area contributed by atoms with Crippen LogP contribution in [0.4, 0.5) is 22.7 Å². The van der Waals surface area contributed by atoms with Crippen molar-refractivity contribution in [3.05, 3.63) is 66.2 Å². The van der Waals surface area contributed by atoms with Crippen molar-refractivity contribution in [1.82, 2.24) is 0 Å². The lowest BCUT2D eigenvalue weighted by atomic mass is 10.1. The summed E-state index contributed by atoms with van der Waals surface area (Å²) >= 11 is -0.0570. The predicted octanol–water partition coefficient (Wildman–Crippen LogP) is 5.31. The number of azo groups is 2. The minimum absolute atomic E-state index is 0.0570. The molecule has 0 aromatic heterocycles. The molecule has 236 valence electrons. The number of benzene rings is 4. The highest BCUT2D eigenvalue weighted by atomic mass is 32.2. The lowest BCUT2D eigenvalue weighted by molar-refractivity contribution is 0.0697. The molecule has 0 saturated carbocycles. The summed E-state index contributed by atoms with van der Waals surface area (Å²) in [6.07, 6.45) is 0. The zero-order valence-corrected chi connectivity index (χ0v) is 24.9. The third-order valence-corrected chi connectivity index (χ3v) is 8.57. The molecular formula is C23H16N4O14S4. The molecule has 0 radical (unpaired) electrons. The van der Waals surface area contributed by atoms with Crippen molar-refractivity contribution in [2.45, 2.75) is 14.7 Å². The van der Waals surface area contributed by atoms with E-state index in [1.807, 2.05) is 0 Å². The monoisotopic (exact) mass is 700 g/mol. The fourth-order valence-corrected chi connectivity index (χ4v) is 5.70. The Morgan fingerprint density at radius 1 is 0.711 bits per heavy atom. The molecule has 18 nitrogen and oxygen atoms in total. The quantitative estimate of drug-likeness (QED) is 0.0693. The van der Waals surface area contributed by atoms with E-state index in [2.05, 4.69) is 20.5 Å². The number of fused-ring (bicyclic) bond motifs is 1. The van der Waals surface area contributed by atoms with E-state index >= 15 is 0 Å². The van der Waals surface area contributed by atoms with Gasteiger partial charge in [0, 0.05) is 11.5 Å². The third-order valence-electron chi connectivity index (χ3n) is 5.68. The molecule has 0 saturated heterocycles. The number of rotatable bonds is 10. The van der Waals surface area contributed by atoms with E-state index in [1.165, 1.54) is 0 Å². The van der Waals surface area contributed by atoms with Crippen LogP contribution in [0.5, 0.6) is 11.5 Å². The molecule has 0 aliphatic heterocycles. The van der Waals surface area contributed by atoms with Crippen LogP contribution in [0.1, 0.15) is 10.4 Å². The fraction of sp³-hybridized carbons (Fsp3) is 0. The lowest BCUT2D eigenvalue weighted by Gasteiger charge is -2.10. The zero-order chi connectivity index (χ0) is 33.3. The molecule has 0 unspecified atom stereocenters. The number of hydrogen-bond donors (Lipinski definition) is 6. The Morgan fingerprint density at radius 2 is 1.38 bits per heavy atom. The summed E-state index contributed by atoms with van der Waals surface area (Å²) in [5.74, 6) is -2.56. The largest absolute Gasteiger partial charge is 0.505 e. The van der Waals surface area contributed by atoms with Gasteiger partial charge in [-0.3, -0.25) is 18.2 Å². The molecule has 0 aliphatic carbocycles. The second-order valence-electron chi connectivity index (χ2n) is 8.57. The number of phenolic OH excluding ortho intramolecular Hbond substituents is 1. The number of aromatic carboxylic acids is 1. The summed E-state index contributed by atoms with van der Waals surface area (Å²) in [6.45, 7) is 0. The Balaban J connectivity index is 1.79. The number of carboxylic acids is 1. The summed E-state index contributed by atoms with van der Waals surface area (Å²) in [7, 11) is -14.7. The third kappa shape index (κ3) is 7.58. The first-order valence-electron chi connectivity index (χ1n) is 11.5. The molecular weight excluding hydrogens is 685 g/mol. The summed E-state index contributed by atoms with van der Waals surface area (Å²) in [5.41, 5.74) is -2.48. The van der Waals surface area contributed by atoms with E-state index in [1.54, 1.807) is 0 Å². The highest BCUT2D eigenvalue weighted by molar-refractivity contribution is 7.89. The standard InChI is InChI=1S/C23H16N4O14S4/c28-22-15-4-3-14(43(32,33)34)7-11(15)8-20(45(38,39)40)21(22)27-25-17-5-1-12(9-16(17)23(29)30)24-26-18-10-13(41-42-31)2-6-19(18)44(35,36)37/h1-10,28,31H,(H,29,30)(H,32,33,34)(H,35,36,37)(H,38,39,40)/b26-24+,27-25+. The minimum atomic E-state index is -5.14. The number of hydrogen-bond acceptors (Lipinski definition) is 15. The average Bonchev–Trinajstić information content (AvgIpc) is 2.94. The smallest absolute Gasteiger partial charge is 0.338 e. The van der Waals surface area contributed by atoms with Crippen LogP contribution in [0.2, 0.25) is 0 Å². The maximum absolute atomic E-state index is 12.1. The number of aromatic hydroxyl groups is 1. The van der Waals surface area contributed by atoms with Crippen molar-refractivity contribution in [2.75, 3.05) is 0 Å². The maximum atomic E-state index is 12.1. The molecule has 4 rings (SSSR count). The van der Waals surface area contributed by atoms with E-state index in [4.69, 9.17) is 8.74 Å². The Labute approximate surface area is 257 Å². The van der Waals surface area contributed by atoms with Crippen LogP contribution in [-0.4, -0.2) is 59.6 Å². The minimum Gasteiger partial charge on any atom is -0.505 e. The Hall–Kier alpha value is -4.55. The number of carboxylic acid groups (broad SMARTS) is 1. The van der Waals surface area contributed by atoms with Crippen LogP contribution >= 0.6 is 12.3 Å². The highest BCUT2D eigenvalue weighted by Gasteiger charge is 2.24. The van der Waals surface area contributed by atoms with Gasteiger partial charge in [0.25, 0.3) is 30.4 Å². The first kappa shape index (κ1) is 33.3. The molecule has 0 spiro atoms. The van der Waals surface area contributed by atoms with Crippen molar-refractivity contribution in [3.63, 3.8) is 0 Å². The van der Waals surface area contributed by atoms with Crippen molar-refractivity contribution < 1.29 is 62.7 Å². The molecule has 0 aliphatic rings. The van der Waals surface area contributed by atoms with Gasteiger partial charge in [-0.1, -0.05) is 0 Å². The van der Waals surface area contributed by atoms with Gasteiger partial charge in [0.05, 0.1) is 16.1 Å². The lowest BCUT2D eigenvalue weighted by Crippen LogP contribution is -2.01. The number of phenols is 1. The van der Waals surface area contributed by atoms with Crippen LogP contribution in [0, 0.1) is 0 Å². The predicted molar refractivity (Wildman–Crippen MR) is 154 cm³/mol. The molecule has 0 bridgehead atoms. The second kappa shape index (κ2) is 12.4. The van der Waals surface area contributed by atoms with Crippen molar-refractivity contribution >= 4 is 82.2 Å². The van der Waals surface area contributed by atoms with E-state index in [0.29, 0.717) is 0 Å². The summed E-state index contributed by atoms with van der Waals surface area (Å²) < 4.78 is 113. The van der Waals surface area contributed by atoms with Gasteiger partial charge in [-0.25, -0.2) is 4.79 Å². The highest BCUT2D eigenvalue weighted by Crippen LogP contribution is 2.42. The molecule has 45 heavy (non-hydrogen) atoms. The zero-order valence-electron chi connectivity index (χ0n) is 21.6. The summed E-state index contributed by atoms with van der Waals surface area (Å²) in [6, 6.07) is 9.59. The van der Waals surface area contributed by atoms with E-state index < -0.39 is 79.4 Å². The van der Waals surface area contributed by atoms with Gasteiger partial charge in [0.1, 0.15) is 32.6 Å². The fourth-order valence-electron chi connectivity index (χ4n) is 3.73. The van der Waals surface area contributed by atoms with Gasteiger partial charge < -0.3 is 14.4 Å². The van der Waals surface area contributed by atoms with Crippen LogP contribution in [0.15, 0.2) is 95.8 Å². The molecule has 0 atom stereocenters. The topological polar surface area (TPSA) is 300 Å². The first-order chi connectivity index (χ1) is 20.9. The number of nitrogens with zero attached hydrogens (tertiary/aromatic N) is 4. The summed E-state index contributed by atoms with van der Waals surface area (Å²) in [4.78, 5) is 9.59. The van der Waals surface area contributed by atoms with Gasteiger partial charge in [-0.05, 0) is 60.0 Å². The molecule has 4 aromatic rings. The van der Waals surface area contributed by atoms with E-state index in [-0.39, 0.29) is 34.5 Å². The van der Waals surface area contributed by atoms with Crippen LogP contribution in [0.25, 0.3) is 10.8 Å². The van der Waals surface area contributed by atoms with Gasteiger partial charge in [-0.15, -0.1) is 15.3 Å². The van der Waals surface area contributed by atoms with Crippen molar-refractivity contribution in [2.24, 2.45) is 20.5 Å². The normalized spacial score (nSPS) is 12.7. The van der Waals surface area contributed by atoms with E-state index in [9.17, 15) is 53.9 Å². The number of carbonyl (C=O) groups is 1. The van der Waals surface area contributed by atoms with Crippen LogP contribution in [0.3, 0.4) is 0 Å². The molecule has 4 aromatic carbocycles. The Morgan fingerprint density at radius 3 is 1.98 bits per heavy atom. The molecule has 0 amide bonds. The van der Waals surface area contributed by atoms with E-state index in [0.717, 1.165) is 60.7 Å². The molecule has 0 fully saturated rings. The van der Waals surface area contributed by atoms with Gasteiger partial charge in [-0.2, -0.15) is 30.4 Å². The molecule has 6 N–H and O–H groups in total. The van der Waals surface area contributed by atoms with Gasteiger partial charge in [0.2, 0.25) is 12.3 Å². The van der Waals surface area contributed by atoms with Crippen molar-refractivity contribution in [3.8, 4) is 11.5 Å². The first-order valence-corrected chi connectivity index (χ1v) is 16.5. The second-order valence-corrected chi connectivity index (χ2v) is 13.1. The molecule has 0 heterocycles. The Kier molecular flexibility index (Phi) is 9.22. The van der Waals surface area contributed by atoms with Gasteiger partial charge >= 0.3 is 5.97 Å². The molecule has 22 heteroatoms. The Bertz CT molecular complexity index is 2260. The SMILES string of the molecule is O=C(O)c1cc(/N=N/c2cc(OSO)ccc2S(=O)(=O)O)ccc1/N=N/c1c(S(=O)(=O)O)cc2cc(S(=O)(=O)O)ccc2c1O. The summed E-state index contributed by atoms with van der Waals surface area (Å²) in [5, 5.41) is 34.8. The van der Waals surface area contributed by atoms with Crippen LogP contribution in [-0.2, 0) is 30.4 Å². The van der Waals surface area contributed by atoms with Gasteiger partial charge in [0.15, 0.2) is 5.75 Å². The van der Waals surface area contributed by atoms with Crippen molar-refractivity contribution in [1.29, 1.82) is 0 Å². The van der Waals surface area contributed by atoms with Crippen LogP contribution < -0.4 is 4.18 Å².